The van der Waals surface area contributed by atoms with Gasteiger partial charge in [-0.3, -0.25) is 9.59 Å². The van der Waals surface area contributed by atoms with Gasteiger partial charge in [0.2, 0.25) is 5.91 Å². The van der Waals surface area contributed by atoms with Gasteiger partial charge in [-0.15, -0.1) is 19.0 Å². The van der Waals surface area contributed by atoms with Crippen molar-refractivity contribution in [3.05, 3.63) is 42.5 Å². The molecule has 1 atom stereocenters. The van der Waals surface area contributed by atoms with E-state index in [1.165, 1.54) is 0 Å². The zero-order valence-corrected chi connectivity index (χ0v) is 12.9. The highest BCUT2D eigenvalue weighted by Gasteiger charge is 2.21. The molecule has 0 bridgehead atoms. The van der Waals surface area contributed by atoms with Crippen molar-refractivity contribution in [3.63, 3.8) is 0 Å². The smallest absolute Gasteiger partial charge is 0.251 e. The Balaban J connectivity index is 0.00000242. The molecule has 1 aromatic rings. The van der Waals surface area contributed by atoms with Gasteiger partial charge in [0.05, 0.1) is 13.2 Å². The maximum Gasteiger partial charge on any atom is 0.251 e. The van der Waals surface area contributed by atoms with Crippen LogP contribution >= 0.6 is 12.4 Å². The van der Waals surface area contributed by atoms with Crippen molar-refractivity contribution in [2.75, 3.05) is 31.6 Å². The Morgan fingerprint density at radius 3 is 2.68 bits per heavy atom. The van der Waals surface area contributed by atoms with E-state index in [9.17, 15) is 9.59 Å². The standard InChI is InChI=1S/C15H19N3O3.ClH/c1-2-7-17-14(19)11-3-5-12(6-4-11)18-15(20)13-10-21-9-8-16-13;/h2-6,13,16H,1,7-10H2,(H,17,19)(H,18,20);1H. The molecule has 120 valence electrons. The van der Waals surface area contributed by atoms with Gasteiger partial charge >= 0.3 is 0 Å². The number of amides is 2. The molecule has 1 aliphatic rings. The summed E-state index contributed by atoms with van der Waals surface area (Å²) in [5.74, 6) is -0.311. The van der Waals surface area contributed by atoms with Crippen LogP contribution < -0.4 is 16.0 Å². The van der Waals surface area contributed by atoms with Gasteiger partial charge in [0.1, 0.15) is 6.04 Å². The summed E-state index contributed by atoms with van der Waals surface area (Å²) in [5.41, 5.74) is 1.18. The Morgan fingerprint density at radius 1 is 1.36 bits per heavy atom. The first kappa shape index (κ1) is 18.2. The van der Waals surface area contributed by atoms with Crippen molar-refractivity contribution in [2.45, 2.75) is 6.04 Å². The van der Waals surface area contributed by atoms with E-state index in [1.54, 1.807) is 30.3 Å². The molecule has 1 unspecified atom stereocenters. The number of rotatable bonds is 5. The zero-order chi connectivity index (χ0) is 15.1. The Bertz CT molecular complexity index is 513. The first-order valence-electron chi connectivity index (χ1n) is 6.82. The number of benzene rings is 1. The number of carbonyl (C=O) groups excluding carboxylic acids is 2. The van der Waals surface area contributed by atoms with Gasteiger partial charge in [-0.05, 0) is 24.3 Å². The number of anilines is 1. The third-order valence-corrected chi connectivity index (χ3v) is 3.06. The second-order valence-electron chi connectivity index (χ2n) is 4.65. The Kier molecular flexibility index (Phi) is 7.59. The van der Waals surface area contributed by atoms with E-state index in [0.29, 0.717) is 37.6 Å². The Hall–Kier alpha value is -1.89. The lowest BCUT2D eigenvalue weighted by atomic mass is 10.2. The number of hydrogen-bond acceptors (Lipinski definition) is 4. The third-order valence-electron chi connectivity index (χ3n) is 3.06. The summed E-state index contributed by atoms with van der Waals surface area (Å²) in [6.07, 6.45) is 1.62. The number of ether oxygens (including phenoxy) is 1. The summed E-state index contributed by atoms with van der Waals surface area (Å²) in [4.78, 5) is 23.7. The molecule has 0 radical (unpaired) electrons. The number of hydrogen-bond donors (Lipinski definition) is 3. The topological polar surface area (TPSA) is 79.5 Å². The van der Waals surface area contributed by atoms with Crippen LogP contribution in [0.1, 0.15) is 10.4 Å². The fourth-order valence-corrected chi connectivity index (χ4v) is 1.94. The quantitative estimate of drug-likeness (QED) is 0.704. The second-order valence-corrected chi connectivity index (χ2v) is 4.65. The average molecular weight is 326 g/mol. The molecule has 0 saturated carbocycles. The van der Waals surface area contributed by atoms with Crippen LogP contribution in [0.3, 0.4) is 0 Å². The second kappa shape index (κ2) is 9.19. The zero-order valence-electron chi connectivity index (χ0n) is 12.1. The normalized spacial score (nSPS) is 17.0. The predicted molar refractivity (Wildman–Crippen MR) is 87.5 cm³/mol. The van der Waals surface area contributed by atoms with Crippen molar-refractivity contribution in [2.24, 2.45) is 0 Å². The summed E-state index contributed by atoms with van der Waals surface area (Å²) in [7, 11) is 0. The van der Waals surface area contributed by atoms with Gasteiger partial charge < -0.3 is 20.7 Å². The minimum Gasteiger partial charge on any atom is -0.378 e. The molecule has 1 aromatic carbocycles. The van der Waals surface area contributed by atoms with Crippen LogP contribution in [-0.2, 0) is 9.53 Å². The van der Waals surface area contributed by atoms with E-state index in [4.69, 9.17) is 4.74 Å². The van der Waals surface area contributed by atoms with Crippen molar-refractivity contribution in [1.82, 2.24) is 10.6 Å². The molecule has 2 rings (SSSR count). The molecule has 3 N–H and O–H groups in total. The van der Waals surface area contributed by atoms with Crippen molar-refractivity contribution in [1.29, 1.82) is 0 Å². The number of carbonyl (C=O) groups is 2. The first-order valence-corrected chi connectivity index (χ1v) is 6.82. The summed E-state index contributed by atoms with van der Waals surface area (Å²) in [5, 5.41) is 8.56. The third kappa shape index (κ3) is 5.14. The monoisotopic (exact) mass is 325 g/mol. The van der Waals surface area contributed by atoms with E-state index < -0.39 is 0 Å². The van der Waals surface area contributed by atoms with Gasteiger partial charge in [0, 0.05) is 24.3 Å². The van der Waals surface area contributed by atoms with Crippen LogP contribution in [0.15, 0.2) is 36.9 Å². The number of halogens is 1. The molecule has 2 amide bonds. The van der Waals surface area contributed by atoms with Gasteiger partial charge in [-0.1, -0.05) is 6.08 Å². The molecular formula is C15H20ClN3O3. The van der Waals surface area contributed by atoms with E-state index in [2.05, 4.69) is 22.5 Å². The lowest BCUT2D eigenvalue weighted by Gasteiger charge is -2.22. The van der Waals surface area contributed by atoms with Crippen molar-refractivity contribution < 1.29 is 14.3 Å². The van der Waals surface area contributed by atoms with Crippen LogP contribution in [0, 0.1) is 0 Å². The van der Waals surface area contributed by atoms with E-state index >= 15 is 0 Å². The molecule has 7 heteroatoms. The SMILES string of the molecule is C=CCNC(=O)c1ccc(NC(=O)C2COCCN2)cc1.Cl. The summed E-state index contributed by atoms with van der Waals surface area (Å²) >= 11 is 0. The van der Waals surface area contributed by atoms with Gasteiger partial charge in [0.15, 0.2) is 0 Å². The van der Waals surface area contributed by atoms with Crippen molar-refractivity contribution >= 4 is 29.9 Å². The fourth-order valence-electron chi connectivity index (χ4n) is 1.94. The maximum absolute atomic E-state index is 12.0. The number of morpholine rings is 1. The summed E-state index contributed by atoms with van der Waals surface area (Å²) in [6.45, 7) is 5.62. The van der Waals surface area contributed by atoms with E-state index in [-0.39, 0.29) is 30.3 Å². The van der Waals surface area contributed by atoms with Gasteiger partial charge in [0.25, 0.3) is 5.91 Å². The first-order chi connectivity index (χ1) is 10.2. The minimum absolute atomic E-state index is 0. The predicted octanol–water partition coefficient (Wildman–Crippen LogP) is 0.951. The summed E-state index contributed by atoms with van der Waals surface area (Å²) in [6, 6.07) is 6.39. The van der Waals surface area contributed by atoms with Gasteiger partial charge in [-0.2, -0.15) is 0 Å². The highest BCUT2D eigenvalue weighted by atomic mass is 35.5. The molecule has 0 spiro atoms. The highest BCUT2D eigenvalue weighted by Crippen LogP contribution is 2.10. The lowest BCUT2D eigenvalue weighted by Crippen LogP contribution is -2.48. The average Bonchev–Trinajstić information content (AvgIpc) is 2.54. The largest absolute Gasteiger partial charge is 0.378 e. The van der Waals surface area contributed by atoms with Crippen LogP contribution in [0.2, 0.25) is 0 Å². The molecule has 1 saturated heterocycles. The van der Waals surface area contributed by atoms with Crippen LogP contribution in [0.4, 0.5) is 5.69 Å². The van der Waals surface area contributed by atoms with Crippen LogP contribution in [-0.4, -0.2) is 44.2 Å². The lowest BCUT2D eigenvalue weighted by molar-refractivity contribution is -0.120. The Morgan fingerprint density at radius 2 is 2.09 bits per heavy atom. The molecule has 22 heavy (non-hydrogen) atoms. The molecule has 0 aromatic heterocycles. The number of nitrogens with one attached hydrogen (secondary N) is 3. The molecule has 1 fully saturated rings. The molecule has 6 nitrogen and oxygen atoms in total. The molecule has 1 heterocycles. The summed E-state index contributed by atoms with van der Waals surface area (Å²) < 4.78 is 5.24. The van der Waals surface area contributed by atoms with Crippen molar-refractivity contribution in [3.8, 4) is 0 Å². The van der Waals surface area contributed by atoms with Gasteiger partial charge in [-0.25, -0.2) is 0 Å². The highest BCUT2D eigenvalue weighted by molar-refractivity contribution is 5.97. The van der Waals surface area contributed by atoms with Crippen LogP contribution in [0.25, 0.3) is 0 Å². The molecule has 0 aliphatic carbocycles. The van der Waals surface area contributed by atoms with E-state index in [0.717, 1.165) is 0 Å². The van der Waals surface area contributed by atoms with E-state index in [1.807, 2.05) is 0 Å². The minimum atomic E-state index is -0.339. The molecular weight excluding hydrogens is 306 g/mol. The molecule has 1 aliphatic heterocycles. The maximum atomic E-state index is 12.0. The van der Waals surface area contributed by atoms with Crippen LogP contribution in [0.5, 0.6) is 0 Å². The fraction of sp³-hybridized carbons (Fsp3) is 0.333. The Labute approximate surface area is 135 Å².